The van der Waals surface area contributed by atoms with E-state index in [1.165, 1.54) is 12.5 Å². The van der Waals surface area contributed by atoms with Gasteiger partial charge in [-0.3, -0.25) is 9.59 Å². The van der Waals surface area contributed by atoms with Gasteiger partial charge in [-0.25, -0.2) is 0 Å². The summed E-state index contributed by atoms with van der Waals surface area (Å²) < 4.78 is 5.81. The van der Waals surface area contributed by atoms with Gasteiger partial charge in [-0.15, -0.1) is 6.42 Å². The summed E-state index contributed by atoms with van der Waals surface area (Å²) in [6, 6.07) is 0. The Morgan fingerprint density at radius 3 is 2.58 bits per heavy atom. The molecule has 0 N–H and O–H groups in total. The van der Waals surface area contributed by atoms with Gasteiger partial charge in [-0.2, -0.15) is 0 Å². The minimum absolute atomic E-state index is 0.128. The molecule has 4 rings (SSSR count). The lowest BCUT2D eigenvalue weighted by Gasteiger charge is -2.58. The van der Waals surface area contributed by atoms with E-state index >= 15 is 0 Å². The zero-order valence-electron chi connectivity index (χ0n) is 16.3. The molecule has 0 aliphatic heterocycles. The molecule has 0 bridgehead atoms. The molecule has 4 aliphatic rings. The maximum absolute atomic E-state index is 11.9. The van der Waals surface area contributed by atoms with Crippen molar-refractivity contribution < 1.29 is 14.3 Å². The lowest BCUT2D eigenvalue weighted by molar-refractivity contribution is -0.169. The van der Waals surface area contributed by atoms with Crippen LogP contribution in [0.1, 0.15) is 72.1 Å². The Morgan fingerprint density at radius 2 is 1.88 bits per heavy atom. The number of esters is 1. The minimum Gasteiger partial charge on any atom is -0.445 e. The van der Waals surface area contributed by atoms with E-state index in [1.807, 2.05) is 6.08 Å². The Kier molecular flexibility index (Phi) is 3.92. The number of carbonyl (C=O) groups excluding carboxylic acids is 2. The average molecular weight is 354 g/mol. The molecule has 0 radical (unpaired) electrons. The number of carbonyl (C=O) groups is 2. The van der Waals surface area contributed by atoms with Gasteiger partial charge in [0, 0.05) is 18.8 Å². The lowest BCUT2D eigenvalue weighted by Crippen LogP contribution is -2.55. The zero-order valence-corrected chi connectivity index (χ0v) is 16.3. The Balaban J connectivity index is 1.69. The van der Waals surface area contributed by atoms with Crippen LogP contribution >= 0.6 is 0 Å². The molecule has 4 aliphatic carbocycles. The molecule has 0 aromatic heterocycles. The van der Waals surface area contributed by atoms with Crippen molar-refractivity contribution in [2.45, 2.75) is 77.7 Å². The summed E-state index contributed by atoms with van der Waals surface area (Å²) in [4.78, 5) is 23.7. The van der Waals surface area contributed by atoms with Crippen molar-refractivity contribution in [3.8, 4) is 12.3 Å². The highest BCUT2D eigenvalue weighted by Gasteiger charge is 2.65. The van der Waals surface area contributed by atoms with Crippen molar-refractivity contribution in [3.05, 3.63) is 11.6 Å². The molecule has 0 heterocycles. The maximum Gasteiger partial charge on any atom is 0.304 e. The fourth-order valence-electron chi connectivity index (χ4n) is 7.24. The number of fused-ring (bicyclic) bond motifs is 5. The van der Waals surface area contributed by atoms with Gasteiger partial charge in [-0.1, -0.05) is 25.3 Å². The number of hydrogen-bond acceptors (Lipinski definition) is 3. The van der Waals surface area contributed by atoms with Crippen LogP contribution in [0.25, 0.3) is 0 Å². The second-order valence-electron chi connectivity index (χ2n) is 9.53. The summed E-state index contributed by atoms with van der Waals surface area (Å²) in [6.07, 6.45) is 15.7. The molecule has 6 atom stereocenters. The molecule has 26 heavy (non-hydrogen) atoms. The zero-order chi connectivity index (χ0) is 18.7. The van der Waals surface area contributed by atoms with Gasteiger partial charge in [0.05, 0.1) is 0 Å². The van der Waals surface area contributed by atoms with Crippen molar-refractivity contribution >= 4 is 11.8 Å². The highest BCUT2D eigenvalue weighted by atomic mass is 16.6. The van der Waals surface area contributed by atoms with E-state index in [0.717, 1.165) is 44.9 Å². The smallest absolute Gasteiger partial charge is 0.304 e. The van der Waals surface area contributed by atoms with E-state index in [0.29, 0.717) is 30.0 Å². The average Bonchev–Trinajstić information content (AvgIpc) is 2.88. The molecule has 3 fully saturated rings. The fraction of sp³-hybridized carbons (Fsp3) is 0.739. The molecule has 0 unspecified atom stereocenters. The van der Waals surface area contributed by atoms with Gasteiger partial charge in [0.15, 0.2) is 11.4 Å². The first-order valence-corrected chi connectivity index (χ1v) is 10.2. The van der Waals surface area contributed by atoms with Crippen LogP contribution in [0, 0.1) is 40.9 Å². The minimum atomic E-state index is -0.742. The Morgan fingerprint density at radius 1 is 1.15 bits per heavy atom. The van der Waals surface area contributed by atoms with Crippen molar-refractivity contribution in [3.63, 3.8) is 0 Å². The van der Waals surface area contributed by atoms with Gasteiger partial charge in [0.25, 0.3) is 0 Å². The highest BCUT2D eigenvalue weighted by Crippen LogP contribution is 2.68. The van der Waals surface area contributed by atoms with E-state index in [9.17, 15) is 9.59 Å². The largest absolute Gasteiger partial charge is 0.445 e. The van der Waals surface area contributed by atoms with Gasteiger partial charge in [-0.05, 0) is 74.2 Å². The Labute approximate surface area is 156 Å². The number of hydrogen-bond donors (Lipinski definition) is 0. The van der Waals surface area contributed by atoms with Gasteiger partial charge in [0.2, 0.25) is 0 Å². The second-order valence-corrected chi connectivity index (χ2v) is 9.53. The first-order valence-electron chi connectivity index (χ1n) is 10.2. The van der Waals surface area contributed by atoms with E-state index in [4.69, 9.17) is 11.2 Å². The number of terminal acetylenes is 1. The molecule has 3 nitrogen and oxygen atoms in total. The normalized spacial score (nSPS) is 47.1. The molecular weight excluding hydrogens is 324 g/mol. The van der Waals surface area contributed by atoms with Crippen LogP contribution < -0.4 is 0 Å². The highest BCUT2D eigenvalue weighted by molar-refractivity contribution is 5.91. The monoisotopic (exact) mass is 354 g/mol. The van der Waals surface area contributed by atoms with E-state index in [1.54, 1.807) is 0 Å². The van der Waals surface area contributed by atoms with E-state index in [2.05, 4.69) is 19.8 Å². The Hall–Kier alpha value is -1.56. The third kappa shape index (κ3) is 2.20. The van der Waals surface area contributed by atoms with Crippen LogP contribution in [0.5, 0.6) is 0 Å². The molecule has 0 saturated heterocycles. The summed E-state index contributed by atoms with van der Waals surface area (Å²) in [7, 11) is 0. The summed E-state index contributed by atoms with van der Waals surface area (Å²) in [6.45, 7) is 6.13. The van der Waals surface area contributed by atoms with Crippen LogP contribution in [0.2, 0.25) is 0 Å². The third-order valence-corrected chi connectivity index (χ3v) is 8.63. The van der Waals surface area contributed by atoms with Crippen LogP contribution in [0.15, 0.2) is 11.6 Å². The molecular formula is C23H30O3. The first kappa shape index (κ1) is 17.8. The molecule has 3 heteroatoms. The maximum atomic E-state index is 11.9. The van der Waals surface area contributed by atoms with Gasteiger partial charge < -0.3 is 4.74 Å². The van der Waals surface area contributed by atoms with E-state index in [-0.39, 0.29) is 16.8 Å². The number of allylic oxidation sites excluding steroid dienone is 1. The topological polar surface area (TPSA) is 43.4 Å². The second kappa shape index (κ2) is 5.72. The number of ketones is 1. The van der Waals surface area contributed by atoms with Gasteiger partial charge in [0.1, 0.15) is 0 Å². The van der Waals surface area contributed by atoms with E-state index < -0.39 is 5.60 Å². The summed E-state index contributed by atoms with van der Waals surface area (Å²) in [5.74, 6) is 4.71. The number of rotatable bonds is 1. The van der Waals surface area contributed by atoms with Crippen LogP contribution in [-0.4, -0.2) is 17.4 Å². The van der Waals surface area contributed by atoms with Crippen LogP contribution in [-0.2, 0) is 14.3 Å². The third-order valence-electron chi connectivity index (χ3n) is 8.63. The van der Waals surface area contributed by atoms with Crippen LogP contribution in [0.3, 0.4) is 0 Å². The predicted molar refractivity (Wildman–Crippen MR) is 100 cm³/mol. The lowest BCUT2D eigenvalue weighted by atomic mass is 9.46. The summed E-state index contributed by atoms with van der Waals surface area (Å²) in [5, 5.41) is 0. The van der Waals surface area contributed by atoms with Crippen LogP contribution in [0.4, 0.5) is 0 Å². The fourth-order valence-corrected chi connectivity index (χ4v) is 7.24. The SMILES string of the molecule is C#C[C@]1(OC(C)=O)CC[C@@H]2[C@H]3CCC4=CC(=O)CC[C@]4(C)[C@@H]3CC[C@]21C. The van der Waals surface area contributed by atoms with Crippen molar-refractivity contribution in [2.24, 2.45) is 28.6 Å². The van der Waals surface area contributed by atoms with Crippen molar-refractivity contribution in [1.29, 1.82) is 0 Å². The van der Waals surface area contributed by atoms with Crippen molar-refractivity contribution in [1.82, 2.24) is 0 Å². The van der Waals surface area contributed by atoms with Gasteiger partial charge >= 0.3 is 5.97 Å². The molecule has 0 aromatic rings. The van der Waals surface area contributed by atoms with Crippen molar-refractivity contribution in [2.75, 3.05) is 0 Å². The molecule has 0 spiro atoms. The molecule has 0 aromatic carbocycles. The molecule has 0 amide bonds. The summed E-state index contributed by atoms with van der Waals surface area (Å²) >= 11 is 0. The standard InChI is InChI=1S/C23H30O3/c1-5-23(26-15(2)24)13-10-20-18-7-6-16-14-17(25)8-11-21(16,3)19(18)9-12-22(20,23)4/h1,14,18-20H,6-13H2,2-4H3/t18-,19+,20+,21-,22+,23-/m0/s1. The molecule has 3 saturated carbocycles. The number of ether oxygens (including phenoxy) is 1. The predicted octanol–water partition coefficient (Wildman–Crippen LogP) is 4.45. The summed E-state index contributed by atoms with van der Waals surface area (Å²) in [5.41, 5.74) is 0.686. The quantitative estimate of drug-likeness (QED) is 0.516. The Bertz CT molecular complexity index is 728. The molecule has 140 valence electrons. The first-order chi connectivity index (χ1) is 12.3.